The van der Waals surface area contributed by atoms with Crippen LogP contribution in [0.15, 0.2) is 71.3 Å². The van der Waals surface area contributed by atoms with Crippen LogP contribution in [0.1, 0.15) is 45.7 Å². The number of carbonyl (C=O) groups is 2. The Labute approximate surface area is 174 Å². The molecule has 0 radical (unpaired) electrons. The fraction of sp³-hybridized carbons (Fsp3) is 0.250. The molecule has 1 aromatic heterocycles. The van der Waals surface area contributed by atoms with Gasteiger partial charge in [-0.15, -0.1) is 0 Å². The number of furan rings is 1. The first-order valence-corrected chi connectivity index (χ1v) is 9.95. The molecule has 1 N–H and O–H groups in total. The smallest absolute Gasteiger partial charge is 0.293 e. The number of nitrogens with one attached hydrogen (secondary N) is 1. The highest BCUT2D eigenvalue weighted by atomic mass is 19.1. The fourth-order valence-corrected chi connectivity index (χ4v) is 3.95. The molecular formula is C24H23FN2O3. The Morgan fingerprint density at radius 2 is 1.80 bits per heavy atom. The van der Waals surface area contributed by atoms with Gasteiger partial charge in [0.25, 0.3) is 11.8 Å². The SMILES string of the molecule is CN(C(=O)c1ccco1)c1ccccc1C(=O)NCC1(c2ccc(F)cc2)CCC1. The summed E-state index contributed by atoms with van der Waals surface area (Å²) >= 11 is 0. The Bertz CT molecular complexity index is 1040. The third-order valence-corrected chi connectivity index (χ3v) is 5.90. The standard InChI is InChI=1S/C24H23FN2O3/c1-27(23(29)21-8-4-15-30-21)20-7-3-2-6-19(20)22(28)26-16-24(13-5-14-24)17-9-11-18(25)12-10-17/h2-4,6-12,15H,5,13-14,16H2,1H3,(H,26,28). The molecule has 1 heterocycles. The molecule has 0 bridgehead atoms. The third kappa shape index (κ3) is 3.73. The fourth-order valence-electron chi connectivity index (χ4n) is 3.95. The number of amides is 2. The van der Waals surface area contributed by atoms with Gasteiger partial charge in [-0.2, -0.15) is 0 Å². The molecule has 1 fully saturated rings. The maximum absolute atomic E-state index is 13.3. The van der Waals surface area contributed by atoms with Crippen molar-refractivity contribution in [3.05, 3.63) is 89.6 Å². The monoisotopic (exact) mass is 406 g/mol. The molecule has 0 saturated heterocycles. The van der Waals surface area contributed by atoms with Gasteiger partial charge in [-0.05, 0) is 54.8 Å². The zero-order chi connectivity index (χ0) is 21.1. The zero-order valence-corrected chi connectivity index (χ0v) is 16.7. The summed E-state index contributed by atoms with van der Waals surface area (Å²) in [5.74, 6) is -0.645. The lowest BCUT2D eigenvalue weighted by atomic mass is 9.64. The van der Waals surface area contributed by atoms with Crippen molar-refractivity contribution < 1.29 is 18.4 Å². The molecule has 30 heavy (non-hydrogen) atoms. The van der Waals surface area contributed by atoms with Crippen molar-refractivity contribution in [3.63, 3.8) is 0 Å². The van der Waals surface area contributed by atoms with E-state index >= 15 is 0 Å². The molecule has 1 saturated carbocycles. The Morgan fingerprint density at radius 3 is 2.43 bits per heavy atom. The van der Waals surface area contributed by atoms with E-state index in [2.05, 4.69) is 5.32 Å². The number of halogens is 1. The van der Waals surface area contributed by atoms with Crippen molar-refractivity contribution in [2.75, 3.05) is 18.5 Å². The number of carbonyl (C=O) groups excluding carboxylic acids is 2. The summed E-state index contributed by atoms with van der Waals surface area (Å²) in [6.07, 6.45) is 4.40. The van der Waals surface area contributed by atoms with Crippen molar-refractivity contribution in [2.24, 2.45) is 0 Å². The van der Waals surface area contributed by atoms with E-state index in [4.69, 9.17) is 4.42 Å². The summed E-state index contributed by atoms with van der Waals surface area (Å²) in [7, 11) is 1.61. The van der Waals surface area contributed by atoms with Gasteiger partial charge in [0.1, 0.15) is 5.82 Å². The molecule has 1 aliphatic carbocycles. The molecule has 2 amide bonds. The van der Waals surface area contributed by atoms with E-state index in [1.54, 1.807) is 55.6 Å². The van der Waals surface area contributed by atoms with Crippen LogP contribution in [0, 0.1) is 5.82 Å². The number of anilines is 1. The summed E-state index contributed by atoms with van der Waals surface area (Å²) in [5.41, 5.74) is 1.77. The van der Waals surface area contributed by atoms with Crippen LogP contribution in [0.3, 0.4) is 0 Å². The Balaban J connectivity index is 1.51. The molecule has 0 unspecified atom stereocenters. The first-order chi connectivity index (χ1) is 14.5. The Hall–Kier alpha value is -3.41. The maximum Gasteiger partial charge on any atom is 0.293 e. The highest BCUT2D eigenvalue weighted by molar-refractivity contribution is 6.09. The Morgan fingerprint density at radius 1 is 1.07 bits per heavy atom. The van der Waals surface area contributed by atoms with Crippen LogP contribution >= 0.6 is 0 Å². The van der Waals surface area contributed by atoms with Gasteiger partial charge in [-0.25, -0.2) is 4.39 Å². The quantitative estimate of drug-likeness (QED) is 0.653. The molecule has 0 spiro atoms. The van der Waals surface area contributed by atoms with Gasteiger partial charge in [-0.1, -0.05) is 30.7 Å². The molecule has 5 nitrogen and oxygen atoms in total. The lowest BCUT2D eigenvalue weighted by molar-refractivity contribution is 0.0928. The number of para-hydroxylation sites is 1. The van der Waals surface area contributed by atoms with Crippen LogP contribution in [-0.4, -0.2) is 25.4 Å². The van der Waals surface area contributed by atoms with Crippen LogP contribution in [0.5, 0.6) is 0 Å². The normalized spacial score (nSPS) is 14.6. The van der Waals surface area contributed by atoms with Crippen LogP contribution in [0.2, 0.25) is 0 Å². The molecule has 154 valence electrons. The number of benzene rings is 2. The summed E-state index contributed by atoms with van der Waals surface area (Å²) in [5, 5.41) is 3.03. The largest absolute Gasteiger partial charge is 0.459 e. The van der Waals surface area contributed by atoms with Gasteiger partial charge in [0.15, 0.2) is 5.76 Å². The van der Waals surface area contributed by atoms with Crippen LogP contribution in [0.25, 0.3) is 0 Å². The number of hydrogen-bond donors (Lipinski definition) is 1. The average molecular weight is 406 g/mol. The van der Waals surface area contributed by atoms with Crippen LogP contribution in [0.4, 0.5) is 10.1 Å². The van der Waals surface area contributed by atoms with Crippen molar-refractivity contribution in [2.45, 2.75) is 24.7 Å². The van der Waals surface area contributed by atoms with Gasteiger partial charge < -0.3 is 14.6 Å². The summed E-state index contributed by atoms with van der Waals surface area (Å²) < 4.78 is 18.5. The average Bonchev–Trinajstić information content (AvgIpc) is 3.28. The predicted molar refractivity (Wildman–Crippen MR) is 112 cm³/mol. The van der Waals surface area contributed by atoms with Gasteiger partial charge in [0.05, 0.1) is 17.5 Å². The highest BCUT2D eigenvalue weighted by Crippen LogP contribution is 2.43. The van der Waals surface area contributed by atoms with E-state index in [0.29, 0.717) is 17.8 Å². The lowest BCUT2D eigenvalue weighted by Gasteiger charge is -2.42. The Kier molecular flexibility index (Phi) is 5.40. The number of nitrogens with zero attached hydrogens (tertiary/aromatic N) is 1. The van der Waals surface area contributed by atoms with E-state index < -0.39 is 0 Å². The van der Waals surface area contributed by atoms with Gasteiger partial charge in [-0.3, -0.25) is 9.59 Å². The second-order valence-corrected chi connectivity index (χ2v) is 7.68. The molecular weight excluding hydrogens is 383 g/mol. The molecule has 1 aliphatic rings. The van der Waals surface area contributed by atoms with Crippen molar-refractivity contribution in [1.29, 1.82) is 0 Å². The topological polar surface area (TPSA) is 62.6 Å². The minimum Gasteiger partial charge on any atom is -0.459 e. The molecule has 6 heteroatoms. The predicted octanol–water partition coefficient (Wildman–Crippen LogP) is 4.55. The number of rotatable bonds is 6. The minimum absolute atomic E-state index is 0.172. The molecule has 0 atom stereocenters. The van der Waals surface area contributed by atoms with E-state index in [1.165, 1.54) is 23.3 Å². The van der Waals surface area contributed by atoms with Gasteiger partial charge >= 0.3 is 0 Å². The summed E-state index contributed by atoms with van der Waals surface area (Å²) in [6.45, 7) is 0.460. The maximum atomic E-state index is 13.3. The van der Waals surface area contributed by atoms with Gasteiger partial charge in [0, 0.05) is 19.0 Å². The molecule has 2 aromatic carbocycles. The van der Waals surface area contributed by atoms with Crippen LogP contribution < -0.4 is 10.2 Å². The molecule has 3 aromatic rings. The summed E-state index contributed by atoms with van der Waals surface area (Å²) in [4.78, 5) is 27.1. The van der Waals surface area contributed by atoms with E-state index in [0.717, 1.165) is 24.8 Å². The molecule has 0 aliphatic heterocycles. The lowest BCUT2D eigenvalue weighted by Crippen LogP contribution is -2.45. The summed E-state index contributed by atoms with van der Waals surface area (Å²) in [6, 6.07) is 16.7. The second kappa shape index (κ2) is 8.14. The highest BCUT2D eigenvalue weighted by Gasteiger charge is 2.39. The van der Waals surface area contributed by atoms with Crippen molar-refractivity contribution >= 4 is 17.5 Å². The van der Waals surface area contributed by atoms with E-state index in [9.17, 15) is 14.0 Å². The van der Waals surface area contributed by atoms with Crippen molar-refractivity contribution in [3.8, 4) is 0 Å². The molecule has 4 rings (SSSR count). The van der Waals surface area contributed by atoms with E-state index in [-0.39, 0.29) is 28.8 Å². The number of hydrogen-bond acceptors (Lipinski definition) is 3. The second-order valence-electron chi connectivity index (χ2n) is 7.68. The minimum atomic E-state index is -0.331. The van der Waals surface area contributed by atoms with Crippen molar-refractivity contribution in [1.82, 2.24) is 5.32 Å². The zero-order valence-electron chi connectivity index (χ0n) is 16.7. The third-order valence-electron chi connectivity index (χ3n) is 5.90. The first-order valence-electron chi connectivity index (χ1n) is 9.95. The van der Waals surface area contributed by atoms with E-state index in [1.807, 2.05) is 0 Å². The van der Waals surface area contributed by atoms with Gasteiger partial charge in [0.2, 0.25) is 0 Å². The van der Waals surface area contributed by atoms with Crippen LogP contribution in [-0.2, 0) is 5.41 Å². The first kappa shape index (κ1) is 19.9.